The van der Waals surface area contributed by atoms with Crippen LogP contribution in [0.25, 0.3) is 10.2 Å². The lowest BCUT2D eigenvalue weighted by atomic mass is 9.79. The van der Waals surface area contributed by atoms with Gasteiger partial charge < -0.3 is 10.4 Å². The van der Waals surface area contributed by atoms with Crippen LogP contribution in [0, 0.1) is 0 Å². The van der Waals surface area contributed by atoms with Crippen molar-refractivity contribution in [2.75, 3.05) is 5.32 Å². The Bertz CT molecular complexity index is 929. The Morgan fingerprint density at radius 2 is 1.58 bits per heavy atom. The summed E-state index contributed by atoms with van der Waals surface area (Å²) in [6, 6.07) is 9.82. The summed E-state index contributed by atoms with van der Waals surface area (Å²) in [5.74, 6) is 0.378. The van der Waals surface area contributed by atoms with Crippen molar-refractivity contribution in [2.45, 2.75) is 52.4 Å². The molecule has 0 saturated heterocycles. The highest BCUT2D eigenvalue weighted by molar-refractivity contribution is 7.22. The molecule has 1 aromatic heterocycles. The van der Waals surface area contributed by atoms with Gasteiger partial charge in [0, 0.05) is 16.8 Å². The summed E-state index contributed by atoms with van der Waals surface area (Å²) in [5, 5.41) is 15.7. The average Bonchev–Trinajstić information content (AvgIpc) is 2.90. The fraction of sp³-hybridized carbons (Fsp3) is 0.381. The lowest BCUT2D eigenvalue weighted by Crippen LogP contribution is -2.17. The highest BCUT2D eigenvalue weighted by atomic mass is 35.5. The Balaban J connectivity index is 2.10. The molecule has 0 aliphatic heterocycles. The van der Waals surface area contributed by atoms with Gasteiger partial charge in [-0.3, -0.25) is 0 Å². The molecule has 5 heteroatoms. The molecule has 0 spiro atoms. The molecular weight excluding hydrogens is 364 g/mol. The highest BCUT2D eigenvalue weighted by Crippen LogP contribution is 2.42. The molecule has 0 atom stereocenters. The monoisotopic (exact) mass is 388 g/mol. The molecule has 1 heterocycles. The zero-order valence-corrected chi connectivity index (χ0v) is 17.6. The number of aromatic nitrogens is 1. The molecule has 2 N–H and O–H groups in total. The molecule has 3 nitrogen and oxygen atoms in total. The number of thiazole rings is 1. The van der Waals surface area contributed by atoms with Crippen LogP contribution in [-0.4, -0.2) is 10.1 Å². The minimum atomic E-state index is -0.168. The quantitative estimate of drug-likeness (QED) is 0.465. The molecule has 138 valence electrons. The third-order valence-electron chi connectivity index (χ3n) is 4.35. The molecule has 3 aromatic rings. The van der Waals surface area contributed by atoms with E-state index < -0.39 is 0 Å². The Morgan fingerprint density at radius 3 is 2.08 bits per heavy atom. The molecular formula is C21H25ClN2OS. The number of hydrogen-bond acceptors (Lipinski definition) is 4. The number of anilines is 2. The van der Waals surface area contributed by atoms with Crippen LogP contribution in [0.2, 0.25) is 5.02 Å². The second-order valence-electron chi connectivity index (χ2n) is 8.65. The van der Waals surface area contributed by atoms with Crippen LogP contribution in [0.1, 0.15) is 52.7 Å². The predicted octanol–water partition coefficient (Wildman–Crippen LogP) is 6.99. The number of phenolic OH excluding ortho intramolecular Hbond substituents is 1. The first-order valence-electron chi connectivity index (χ1n) is 8.67. The number of hydrogen-bond donors (Lipinski definition) is 2. The van der Waals surface area contributed by atoms with Crippen molar-refractivity contribution < 1.29 is 5.11 Å². The van der Waals surface area contributed by atoms with Gasteiger partial charge in [-0.1, -0.05) is 70.5 Å². The van der Waals surface area contributed by atoms with Crippen molar-refractivity contribution in [3.63, 3.8) is 0 Å². The number of para-hydroxylation sites is 1. The first-order valence-corrected chi connectivity index (χ1v) is 9.86. The second kappa shape index (κ2) is 6.43. The minimum absolute atomic E-state index is 0.168. The van der Waals surface area contributed by atoms with Crippen molar-refractivity contribution in [2.24, 2.45) is 0 Å². The van der Waals surface area contributed by atoms with E-state index in [9.17, 15) is 5.11 Å². The van der Waals surface area contributed by atoms with Gasteiger partial charge in [-0.05, 0) is 35.1 Å². The number of halogens is 1. The largest absolute Gasteiger partial charge is 0.507 e. The van der Waals surface area contributed by atoms with Gasteiger partial charge in [-0.15, -0.1) is 0 Å². The maximum absolute atomic E-state index is 10.8. The van der Waals surface area contributed by atoms with E-state index in [0.717, 1.165) is 32.2 Å². The van der Waals surface area contributed by atoms with E-state index in [2.05, 4.69) is 51.8 Å². The van der Waals surface area contributed by atoms with Crippen molar-refractivity contribution in [3.05, 3.63) is 46.5 Å². The summed E-state index contributed by atoms with van der Waals surface area (Å²) in [6.45, 7) is 12.6. The molecule has 0 amide bonds. The number of fused-ring (bicyclic) bond motifs is 1. The van der Waals surface area contributed by atoms with E-state index in [0.29, 0.717) is 10.8 Å². The topological polar surface area (TPSA) is 45.2 Å². The number of phenols is 1. The molecule has 26 heavy (non-hydrogen) atoms. The lowest BCUT2D eigenvalue weighted by Gasteiger charge is -2.28. The van der Waals surface area contributed by atoms with Gasteiger partial charge in [-0.2, -0.15) is 0 Å². The van der Waals surface area contributed by atoms with E-state index in [1.807, 2.05) is 30.3 Å². The molecule has 0 unspecified atom stereocenters. The van der Waals surface area contributed by atoms with Crippen LogP contribution in [0.3, 0.4) is 0 Å². The van der Waals surface area contributed by atoms with Crippen molar-refractivity contribution >= 4 is 44.0 Å². The fourth-order valence-corrected chi connectivity index (χ4v) is 4.13. The smallest absolute Gasteiger partial charge is 0.188 e. The Kier molecular flexibility index (Phi) is 4.70. The minimum Gasteiger partial charge on any atom is -0.507 e. The molecule has 0 bridgehead atoms. The van der Waals surface area contributed by atoms with E-state index in [1.165, 1.54) is 0 Å². The summed E-state index contributed by atoms with van der Waals surface area (Å²) in [6.07, 6.45) is 0. The van der Waals surface area contributed by atoms with Crippen molar-refractivity contribution in [1.82, 2.24) is 4.98 Å². The van der Waals surface area contributed by atoms with Gasteiger partial charge in [0.05, 0.1) is 9.72 Å². The van der Waals surface area contributed by atoms with Crippen LogP contribution in [-0.2, 0) is 10.8 Å². The predicted molar refractivity (Wildman–Crippen MR) is 113 cm³/mol. The molecule has 0 fully saturated rings. The van der Waals surface area contributed by atoms with E-state index in [-0.39, 0.29) is 10.8 Å². The third kappa shape index (κ3) is 3.67. The van der Waals surface area contributed by atoms with Crippen LogP contribution in [0.15, 0.2) is 30.3 Å². The van der Waals surface area contributed by atoms with Gasteiger partial charge in [0.1, 0.15) is 11.3 Å². The summed E-state index contributed by atoms with van der Waals surface area (Å²) in [4.78, 5) is 4.63. The van der Waals surface area contributed by atoms with Gasteiger partial charge >= 0.3 is 0 Å². The summed E-state index contributed by atoms with van der Waals surface area (Å²) in [7, 11) is 0. The Hall–Kier alpha value is -1.78. The standard InChI is InChI=1S/C21H25ClN2OS/c1-20(2,3)13-10-12(11-14(18(13)25)21(4,5)6)23-19-24-17-15(22)8-7-9-16(17)26-19/h7-11,25H,1-6H3,(H,23,24). The molecule has 3 rings (SSSR count). The van der Waals surface area contributed by atoms with Gasteiger partial charge in [0.2, 0.25) is 0 Å². The molecule has 0 radical (unpaired) electrons. The van der Waals surface area contributed by atoms with E-state index in [4.69, 9.17) is 11.6 Å². The van der Waals surface area contributed by atoms with Gasteiger partial charge in [0.15, 0.2) is 5.13 Å². The Morgan fingerprint density at radius 1 is 1.00 bits per heavy atom. The van der Waals surface area contributed by atoms with E-state index >= 15 is 0 Å². The first kappa shape index (κ1) is 19.0. The summed E-state index contributed by atoms with van der Waals surface area (Å²) >= 11 is 7.82. The van der Waals surface area contributed by atoms with Crippen molar-refractivity contribution in [3.8, 4) is 5.75 Å². The van der Waals surface area contributed by atoms with Gasteiger partial charge in [0.25, 0.3) is 0 Å². The summed E-state index contributed by atoms with van der Waals surface area (Å²) < 4.78 is 1.05. The molecule has 0 aliphatic carbocycles. The van der Waals surface area contributed by atoms with Crippen LogP contribution < -0.4 is 5.32 Å². The van der Waals surface area contributed by atoms with E-state index in [1.54, 1.807) is 11.3 Å². The number of benzene rings is 2. The molecule has 0 aliphatic rings. The number of aromatic hydroxyl groups is 1. The number of nitrogens with one attached hydrogen (secondary N) is 1. The van der Waals surface area contributed by atoms with Crippen LogP contribution >= 0.6 is 22.9 Å². The fourth-order valence-electron chi connectivity index (χ4n) is 2.94. The second-order valence-corrected chi connectivity index (χ2v) is 10.1. The van der Waals surface area contributed by atoms with Crippen LogP contribution in [0.5, 0.6) is 5.75 Å². The Labute approximate surface area is 164 Å². The SMILES string of the molecule is CC(C)(C)c1cc(Nc2nc3c(Cl)cccc3s2)cc(C(C)(C)C)c1O. The maximum Gasteiger partial charge on any atom is 0.188 e. The maximum atomic E-state index is 10.8. The average molecular weight is 389 g/mol. The normalized spacial score (nSPS) is 12.6. The summed E-state index contributed by atoms with van der Waals surface area (Å²) in [5.41, 5.74) is 3.25. The first-order chi connectivity index (χ1) is 12.0. The molecule has 2 aromatic carbocycles. The third-order valence-corrected chi connectivity index (χ3v) is 5.59. The van der Waals surface area contributed by atoms with Crippen molar-refractivity contribution in [1.29, 1.82) is 0 Å². The van der Waals surface area contributed by atoms with Crippen LogP contribution in [0.4, 0.5) is 10.8 Å². The zero-order valence-electron chi connectivity index (χ0n) is 16.1. The van der Waals surface area contributed by atoms with Gasteiger partial charge in [-0.25, -0.2) is 4.98 Å². The zero-order chi connectivity index (χ0) is 19.3. The number of rotatable bonds is 2. The lowest BCUT2D eigenvalue weighted by molar-refractivity contribution is 0.423. The number of nitrogens with zero attached hydrogens (tertiary/aromatic N) is 1. The molecule has 0 saturated carbocycles. The highest BCUT2D eigenvalue weighted by Gasteiger charge is 2.26.